The van der Waals surface area contributed by atoms with Crippen molar-refractivity contribution in [2.24, 2.45) is 0 Å². The summed E-state index contributed by atoms with van der Waals surface area (Å²) in [6.45, 7) is 2.37. The van der Waals surface area contributed by atoms with Crippen LogP contribution in [0.5, 0.6) is 11.5 Å². The Bertz CT molecular complexity index is 930. The standard InChI is InChI=1S/C19H15ClINO4S/c1-2-26-15-8-12(7-14(20)17(15)23)9-16-18(24)22(19(25)27-16)10-11-3-5-13(21)6-4-11/h3-9,23H,2,10H2,1H3/b16-9-. The molecule has 5 nitrogen and oxygen atoms in total. The van der Waals surface area contributed by atoms with Gasteiger partial charge in [0.05, 0.1) is 23.1 Å². The zero-order valence-electron chi connectivity index (χ0n) is 14.2. The van der Waals surface area contributed by atoms with Crippen molar-refractivity contribution in [3.05, 3.63) is 61.0 Å². The third kappa shape index (κ3) is 4.59. The normalized spacial score (nSPS) is 15.7. The van der Waals surface area contributed by atoms with Crippen molar-refractivity contribution in [1.29, 1.82) is 0 Å². The third-order valence-corrected chi connectivity index (χ3v) is 5.69. The van der Waals surface area contributed by atoms with Gasteiger partial charge in [-0.25, -0.2) is 0 Å². The van der Waals surface area contributed by atoms with Gasteiger partial charge in [-0.1, -0.05) is 23.7 Å². The number of aromatic hydroxyl groups is 1. The summed E-state index contributed by atoms with van der Waals surface area (Å²) in [5.41, 5.74) is 1.45. The van der Waals surface area contributed by atoms with Crippen LogP contribution in [0.25, 0.3) is 6.08 Å². The number of carbonyl (C=O) groups is 2. The first-order valence-corrected chi connectivity index (χ1v) is 10.3. The Balaban J connectivity index is 1.85. The van der Waals surface area contributed by atoms with E-state index < -0.39 is 0 Å². The summed E-state index contributed by atoms with van der Waals surface area (Å²) >= 11 is 9.10. The van der Waals surface area contributed by atoms with Gasteiger partial charge in [0.2, 0.25) is 0 Å². The number of hydrogen-bond donors (Lipinski definition) is 1. The quantitative estimate of drug-likeness (QED) is 0.433. The van der Waals surface area contributed by atoms with Gasteiger partial charge in [0.25, 0.3) is 11.1 Å². The molecule has 1 heterocycles. The van der Waals surface area contributed by atoms with Crippen LogP contribution in [0.2, 0.25) is 5.02 Å². The molecule has 1 aliphatic heterocycles. The number of halogens is 2. The van der Waals surface area contributed by atoms with Gasteiger partial charge in [0, 0.05) is 3.57 Å². The molecular formula is C19H15ClINO4S. The number of imide groups is 1. The number of ether oxygens (including phenoxy) is 1. The van der Waals surface area contributed by atoms with Crippen molar-refractivity contribution in [3.8, 4) is 11.5 Å². The van der Waals surface area contributed by atoms with Gasteiger partial charge in [0.15, 0.2) is 11.5 Å². The summed E-state index contributed by atoms with van der Waals surface area (Å²) in [7, 11) is 0. The maximum atomic E-state index is 12.7. The molecule has 0 spiro atoms. The van der Waals surface area contributed by atoms with Gasteiger partial charge in [-0.3, -0.25) is 14.5 Å². The first-order chi connectivity index (χ1) is 12.9. The number of benzene rings is 2. The summed E-state index contributed by atoms with van der Waals surface area (Å²) in [6.07, 6.45) is 1.58. The SMILES string of the molecule is CCOc1cc(/C=C2\SC(=O)N(Cc3ccc(I)cc3)C2=O)cc(Cl)c1O. The van der Waals surface area contributed by atoms with E-state index >= 15 is 0 Å². The first kappa shape index (κ1) is 20.0. The fraction of sp³-hybridized carbons (Fsp3) is 0.158. The third-order valence-electron chi connectivity index (χ3n) is 3.78. The molecule has 2 amide bonds. The number of hydrogen-bond acceptors (Lipinski definition) is 5. The molecular weight excluding hydrogens is 501 g/mol. The van der Waals surface area contributed by atoms with Crippen LogP contribution in [-0.2, 0) is 11.3 Å². The minimum absolute atomic E-state index is 0.116. The summed E-state index contributed by atoms with van der Waals surface area (Å²) < 4.78 is 6.43. The van der Waals surface area contributed by atoms with Crippen LogP contribution in [0.15, 0.2) is 41.3 Å². The molecule has 3 rings (SSSR count). The molecule has 0 saturated carbocycles. The van der Waals surface area contributed by atoms with E-state index in [0.29, 0.717) is 17.1 Å². The van der Waals surface area contributed by atoms with Crippen LogP contribution in [0.1, 0.15) is 18.1 Å². The van der Waals surface area contributed by atoms with Gasteiger partial charge in [0.1, 0.15) is 0 Å². The molecule has 0 aromatic heterocycles. The fourth-order valence-electron chi connectivity index (χ4n) is 2.50. The van der Waals surface area contributed by atoms with E-state index in [-0.39, 0.29) is 34.2 Å². The largest absolute Gasteiger partial charge is 0.503 e. The molecule has 8 heteroatoms. The monoisotopic (exact) mass is 515 g/mol. The molecule has 1 saturated heterocycles. The predicted octanol–water partition coefficient (Wildman–Crippen LogP) is 5.29. The zero-order valence-corrected chi connectivity index (χ0v) is 18.0. The summed E-state index contributed by atoms with van der Waals surface area (Å²) in [6, 6.07) is 10.7. The lowest BCUT2D eigenvalue weighted by atomic mass is 10.1. The predicted molar refractivity (Wildman–Crippen MR) is 115 cm³/mol. The molecule has 0 radical (unpaired) electrons. The number of carbonyl (C=O) groups excluding carboxylic acids is 2. The molecule has 1 fully saturated rings. The van der Waals surface area contributed by atoms with Gasteiger partial charge >= 0.3 is 0 Å². The van der Waals surface area contributed by atoms with Crippen molar-refractivity contribution < 1.29 is 19.4 Å². The number of thioether (sulfide) groups is 1. The molecule has 1 N–H and O–H groups in total. The first-order valence-electron chi connectivity index (χ1n) is 8.04. The van der Waals surface area contributed by atoms with Crippen molar-refractivity contribution in [2.45, 2.75) is 13.5 Å². The van der Waals surface area contributed by atoms with Crippen LogP contribution in [0.3, 0.4) is 0 Å². The highest BCUT2D eigenvalue weighted by Crippen LogP contribution is 2.38. The molecule has 0 bridgehead atoms. The Morgan fingerprint density at radius 1 is 1.26 bits per heavy atom. The Labute approximate surface area is 179 Å². The van der Waals surface area contributed by atoms with Crippen LogP contribution in [0.4, 0.5) is 4.79 Å². The summed E-state index contributed by atoms with van der Waals surface area (Å²) in [5.74, 6) is -0.275. The number of nitrogens with zero attached hydrogens (tertiary/aromatic N) is 1. The molecule has 140 valence electrons. The molecule has 0 unspecified atom stereocenters. The molecule has 2 aromatic rings. The molecule has 1 aliphatic rings. The van der Waals surface area contributed by atoms with E-state index in [1.54, 1.807) is 19.1 Å². The smallest absolute Gasteiger partial charge is 0.293 e. The topological polar surface area (TPSA) is 66.8 Å². The number of phenols is 1. The number of amides is 2. The highest BCUT2D eigenvalue weighted by Gasteiger charge is 2.35. The van der Waals surface area contributed by atoms with Crippen molar-refractivity contribution >= 4 is 63.2 Å². The van der Waals surface area contributed by atoms with Crippen LogP contribution < -0.4 is 4.74 Å². The second kappa shape index (κ2) is 8.53. The van der Waals surface area contributed by atoms with Gasteiger partial charge in [-0.05, 0) is 82.7 Å². The van der Waals surface area contributed by atoms with E-state index in [4.69, 9.17) is 16.3 Å². The number of phenolic OH excluding ortho intramolecular Hbond substituents is 1. The molecule has 2 aromatic carbocycles. The van der Waals surface area contributed by atoms with E-state index in [1.165, 1.54) is 11.0 Å². The van der Waals surface area contributed by atoms with Crippen molar-refractivity contribution in [2.75, 3.05) is 6.61 Å². The van der Waals surface area contributed by atoms with E-state index in [0.717, 1.165) is 20.9 Å². The van der Waals surface area contributed by atoms with Crippen molar-refractivity contribution in [1.82, 2.24) is 4.90 Å². The average Bonchev–Trinajstić information content (AvgIpc) is 2.88. The Morgan fingerprint density at radius 2 is 1.96 bits per heavy atom. The lowest BCUT2D eigenvalue weighted by Gasteiger charge is -2.12. The zero-order chi connectivity index (χ0) is 19.6. The van der Waals surface area contributed by atoms with E-state index in [9.17, 15) is 14.7 Å². The minimum atomic E-state index is -0.356. The summed E-state index contributed by atoms with van der Waals surface area (Å²) in [5, 5.41) is 9.72. The van der Waals surface area contributed by atoms with Crippen LogP contribution >= 0.6 is 46.0 Å². The summed E-state index contributed by atoms with van der Waals surface area (Å²) in [4.78, 5) is 26.5. The molecule has 0 atom stereocenters. The van der Waals surface area contributed by atoms with E-state index in [2.05, 4.69) is 22.6 Å². The fourth-order valence-corrected chi connectivity index (χ4v) is 3.92. The second-order valence-electron chi connectivity index (χ2n) is 5.68. The molecule has 27 heavy (non-hydrogen) atoms. The second-order valence-corrected chi connectivity index (χ2v) is 8.32. The highest BCUT2D eigenvalue weighted by molar-refractivity contribution is 14.1. The number of rotatable bonds is 5. The van der Waals surface area contributed by atoms with Gasteiger partial charge < -0.3 is 9.84 Å². The Hall–Kier alpha value is -1.71. The maximum Gasteiger partial charge on any atom is 0.293 e. The average molecular weight is 516 g/mol. The minimum Gasteiger partial charge on any atom is -0.503 e. The molecule has 0 aliphatic carbocycles. The Kier molecular flexibility index (Phi) is 6.33. The highest BCUT2D eigenvalue weighted by atomic mass is 127. The van der Waals surface area contributed by atoms with Gasteiger partial charge in [-0.2, -0.15) is 0 Å². The van der Waals surface area contributed by atoms with Crippen LogP contribution in [-0.4, -0.2) is 27.8 Å². The van der Waals surface area contributed by atoms with Crippen molar-refractivity contribution in [3.63, 3.8) is 0 Å². The van der Waals surface area contributed by atoms with Crippen LogP contribution in [0, 0.1) is 3.57 Å². The van der Waals surface area contributed by atoms with E-state index in [1.807, 2.05) is 24.3 Å². The lowest BCUT2D eigenvalue weighted by molar-refractivity contribution is -0.123. The Morgan fingerprint density at radius 3 is 2.63 bits per heavy atom. The lowest BCUT2D eigenvalue weighted by Crippen LogP contribution is -2.27. The van der Waals surface area contributed by atoms with Gasteiger partial charge in [-0.15, -0.1) is 0 Å². The maximum absolute atomic E-state index is 12.7.